The fraction of sp³-hybridized carbons (Fsp3) is 0.357. The molecule has 1 nitrogen and oxygen atoms in total. The van der Waals surface area contributed by atoms with Crippen molar-refractivity contribution in [3.05, 3.63) is 40.5 Å². The van der Waals surface area contributed by atoms with Crippen molar-refractivity contribution in [2.24, 2.45) is 0 Å². The van der Waals surface area contributed by atoms with E-state index in [2.05, 4.69) is 19.9 Å². The highest BCUT2D eigenvalue weighted by Gasteiger charge is 2.06. The molecule has 0 aliphatic rings. The van der Waals surface area contributed by atoms with Crippen molar-refractivity contribution in [2.45, 2.75) is 33.1 Å². The topological polar surface area (TPSA) is 12.9 Å². The first kappa shape index (κ1) is 14.3. The van der Waals surface area contributed by atoms with E-state index in [0.717, 1.165) is 40.9 Å². The first-order valence-electron chi connectivity index (χ1n) is 5.83. The molecule has 1 aromatic carbocycles. The number of aromatic nitrogens is 1. The van der Waals surface area contributed by atoms with Crippen molar-refractivity contribution in [1.29, 1.82) is 0 Å². The van der Waals surface area contributed by atoms with Crippen LogP contribution in [0.4, 0.5) is 0 Å². The monoisotopic (exact) mass is 269 g/mol. The molecule has 0 unspecified atom stereocenters. The molecule has 1 aromatic heterocycles. The zero-order valence-electron chi connectivity index (χ0n) is 10.2. The Balaban J connectivity index is 0.00000144. The van der Waals surface area contributed by atoms with Gasteiger partial charge in [-0.25, -0.2) is 0 Å². The second-order valence-corrected chi connectivity index (χ2v) is 4.42. The number of benzene rings is 1. The minimum absolute atomic E-state index is 0. The van der Waals surface area contributed by atoms with E-state index >= 15 is 0 Å². The van der Waals surface area contributed by atoms with Crippen LogP contribution >= 0.6 is 24.0 Å². The van der Waals surface area contributed by atoms with Crippen LogP contribution in [0.3, 0.4) is 0 Å². The Morgan fingerprint density at radius 2 is 2.00 bits per heavy atom. The minimum atomic E-state index is 0. The standard InChI is InChI=1S/C14H16ClN.ClH/c1-3-6-11-9-13(15)12-8-5-7-10(4-2)14(12)16-11;/h5,7-9H,3-4,6H2,1-2H3;1H. The van der Waals surface area contributed by atoms with Crippen LogP contribution in [0.2, 0.25) is 5.02 Å². The summed E-state index contributed by atoms with van der Waals surface area (Å²) in [4.78, 5) is 4.71. The highest BCUT2D eigenvalue weighted by Crippen LogP contribution is 2.26. The van der Waals surface area contributed by atoms with Crippen LogP contribution < -0.4 is 0 Å². The molecule has 0 N–H and O–H groups in total. The summed E-state index contributed by atoms with van der Waals surface area (Å²) in [6.45, 7) is 4.31. The predicted molar refractivity (Wildman–Crippen MR) is 77.4 cm³/mol. The van der Waals surface area contributed by atoms with Crippen molar-refractivity contribution in [1.82, 2.24) is 4.98 Å². The molecule has 2 aromatic rings. The van der Waals surface area contributed by atoms with Gasteiger partial charge in [-0.2, -0.15) is 0 Å². The van der Waals surface area contributed by atoms with E-state index in [1.807, 2.05) is 18.2 Å². The molecule has 0 atom stereocenters. The van der Waals surface area contributed by atoms with Crippen LogP contribution in [0, 0.1) is 0 Å². The van der Waals surface area contributed by atoms with Crippen LogP contribution in [-0.2, 0) is 12.8 Å². The lowest BCUT2D eigenvalue weighted by Crippen LogP contribution is -1.94. The Bertz CT molecular complexity index is 509. The number of halogens is 2. The van der Waals surface area contributed by atoms with E-state index in [1.54, 1.807) is 0 Å². The van der Waals surface area contributed by atoms with Crippen LogP contribution in [0.5, 0.6) is 0 Å². The summed E-state index contributed by atoms with van der Waals surface area (Å²) in [6.07, 6.45) is 3.09. The summed E-state index contributed by atoms with van der Waals surface area (Å²) < 4.78 is 0. The summed E-state index contributed by atoms with van der Waals surface area (Å²) in [7, 11) is 0. The van der Waals surface area contributed by atoms with Crippen LogP contribution in [0.25, 0.3) is 10.9 Å². The van der Waals surface area contributed by atoms with E-state index in [-0.39, 0.29) is 12.4 Å². The van der Waals surface area contributed by atoms with Gasteiger partial charge in [-0.1, -0.05) is 50.1 Å². The Morgan fingerprint density at radius 3 is 2.65 bits per heavy atom. The Kier molecular flexibility index (Phi) is 5.23. The normalized spacial score (nSPS) is 10.3. The quantitative estimate of drug-likeness (QED) is 0.778. The third kappa shape index (κ3) is 2.91. The number of fused-ring (bicyclic) bond motifs is 1. The van der Waals surface area contributed by atoms with Gasteiger partial charge in [-0.3, -0.25) is 4.98 Å². The van der Waals surface area contributed by atoms with E-state index in [9.17, 15) is 0 Å². The van der Waals surface area contributed by atoms with E-state index in [1.165, 1.54) is 5.56 Å². The van der Waals surface area contributed by atoms with Gasteiger partial charge >= 0.3 is 0 Å². The second-order valence-electron chi connectivity index (χ2n) is 4.01. The molecule has 0 aliphatic carbocycles. The molecule has 1 heterocycles. The van der Waals surface area contributed by atoms with Gasteiger partial charge in [0, 0.05) is 11.1 Å². The number of hydrogen-bond acceptors (Lipinski definition) is 1. The van der Waals surface area contributed by atoms with Gasteiger partial charge in [-0.15, -0.1) is 12.4 Å². The van der Waals surface area contributed by atoms with Crippen LogP contribution in [0.15, 0.2) is 24.3 Å². The van der Waals surface area contributed by atoms with Crippen LogP contribution in [-0.4, -0.2) is 4.98 Å². The molecular formula is C14H17Cl2N. The number of hydrogen-bond donors (Lipinski definition) is 0. The average Bonchev–Trinajstić information content (AvgIpc) is 2.29. The van der Waals surface area contributed by atoms with Crippen molar-refractivity contribution in [2.75, 3.05) is 0 Å². The SMILES string of the molecule is CCCc1cc(Cl)c2cccc(CC)c2n1.Cl. The highest BCUT2D eigenvalue weighted by atomic mass is 35.5. The number of para-hydroxylation sites is 1. The van der Waals surface area contributed by atoms with Gasteiger partial charge in [0.15, 0.2) is 0 Å². The summed E-state index contributed by atoms with van der Waals surface area (Å²) in [6, 6.07) is 8.21. The minimum Gasteiger partial charge on any atom is -0.252 e. The summed E-state index contributed by atoms with van der Waals surface area (Å²) in [5.74, 6) is 0. The fourth-order valence-corrected chi connectivity index (χ4v) is 2.26. The van der Waals surface area contributed by atoms with Gasteiger partial charge < -0.3 is 0 Å². The van der Waals surface area contributed by atoms with Crippen molar-refractivity contribution in [3.63, 3.8) is 0 Å². The maximum Gasteiger partial charge on any atom is 0.0752 e. The lowest BCUT2D eigenvalue weighted by molar-refractivity contribution is 0.888. The summed E-state index contributed by atoms with van der Waals surface area (Å²) in [5, 5.41) is 1.89. The first-order valence-corrected chi connectivity index (χ1v) is 6.21. The number of nitrogens with zero attached hydrogens (tertiary/aromatic N) is 1. The smallest absolute Gasteiger partial charge is 0.0752 e. The molecule has 3 heteroatoms. The summed E-state index contributed by atoms with van der Waals surface area (Å²) in [5.41, 5.74) is 3.44. The average molecular weight is 270 g/mol. The lowest BCUT2D eigenvalue weighted by Gasteiger charge is -2.07. The molecule has 17 heavy (non-hydrogen) atoms. The number of pyridine rings is 1. The third-order valence-corrected chi connectivity index (χ3v) is 3.13. The zero-order chi connectivity index (χ0) is 11.5. The van der Waals surface area contributed by atoms with Gasteiger partial charge in [0.1, 0.15) is 0 Å². The lowest BCUT2D eigenvalue weighted by atomic mass is 10.1. The van der Waals surface area contributed by atoms with Gasteiger partial charge in [0.25, 0.3) is 0 Å². The van der Waals surface area contributed by atoms with Crippen molar-refractivity contribution >= 4 is 34.9 Å². The molecule has 0 fully saturated rings. The Morgan fingerprint density at radius 1 is 1.24 bits per heavy atom. The molecule has 2 rings (SSSR count). The van der Waals surface area contributed by atoms with Gasteiger partial charge in [0.2, 0.25) is 0 Å². The second kappa shape index (κ2) is 6.23. The Labute approximate surface area is 114 Å². The van der Waals surface area contributed by atoms with Gasteiger partial charge in [-0.05, 0) is 24.5 Å². The maximum absolute atomic E-state index is 6.29. The molecule has 0 saturated carbocycles. The fourth-order valence-electron chi connectivity index (χ4n) is 1.99. The molecule has 92 valence electrons. The Hall–Kier alpha value is -0.790. The zero-order valence-corrected chi connectivity index (χ0v) is 11.7. The van der Waals surface area contributed by atoms with E-state index < -0.39 is 0 Å². The first-order chi connectivity index (χ1) is 7.76. The number of rotatable bonds is 3. The third-order valence-electron chi connectivity index (χ3n) is 2.81. The van der Waals surface area contributed by atoms with Gasteiger partial charge in [0.05, 0.1) is 10.5 Å². The van der Waals surface area contributed by atoms with Crippen molar-refractivity contribution in [3.8, 4) is 0 Å². The molecular weight excluding hydrogens is 253 g/mol. The molecule has 0 spiro atoms. The predicted octanol–water partition coefficient (Wildman–Crippen LogP) is 4.82. The van der Waals surface area contributed by atoms with Crippen molar-refractivity contribution < 1.29 is 0 Å². The summed E-state index contributed by atoms with van der Waals surface area (Å²) >= 11 is 6.29. The molecule has 0 saturated heterocycles. The number of aryl methyl sites for hydroxylation is 2. The van der Waals surface area contributed by atoms with E-state index in [4.69, 9.17) is 16.6 Å². The largest absolute Gasteiger partial charge is 0.252 e. The van der Waals surface area contributed by atoms with Crippen LogP contribution in [0.1, 0.15) is 31.5 Å². The molecule has 0 amide bonds. The molecule has 0 radical (unpaired) electrons. The maximum atomic E-state index is 6.29. The molecule has 0 aliphatic heterocycles. The molecule has 0 bridgehead atoms. The van der Waals surface area contributed by atoms with E-state index in [0.29, 0.717) is 0 Å². The highest BCUT2D eigenvalue weighted by molar-refractivity contribution is 6.35.